The van der Waals surface area contributed by atoms with Gasteiger partial charge in [-0.25, -0.2) is 4.79 Å². The van der Waals surface area contributed by atoms with Crippen LogP contribution in [-0.2, 0) is 9.53 Å². The highest BCUT2D eigenvalue weighted by molar-refractivity contribution is 6.01. The topological polar surface area (TPSA) is 61.9 Å². The Kier molecular flexibility index (Phi) is 5.19. The Balaban J connectivity index is 1.93. The number of carbonyl (C=O) groups is 2. The molecular weight excluding hydrogens is 318 g/mol. The van der Waals surface area contributed by atoms with E-state index >= 15 is 0 Å². The van der Waals surface area contributed by atoms with Crippen LogP contribution in [0.25, 0.3) is 0 Å². The summed E-state index contributed by atoms with van der Waals surface area (Å²) in [6.45, 7) is 5.76. The van der Waals surface area contributed by atoms with Crippen molar-refractivity contribution < 1.29 is 14.3 Å². The first-order chi connectivity index (χ1) is 12.2. The summed E-state index contributed by atoms with van der Waals surface area (Å²) in [7, 11) is 1.65. The zero-order chi connectivity index (χ0) is 17.8. The van der Waals surface area contributed by atoms with E-state index in [1.165, 1.54) is 0 Å². The van der Waals surface area contributed by atoms with E-state index in [2.05, 4.69) is 11.9 Å². The van der Waals surface area contributed by atoms with E-state index in [0.29, 0.717) is 31.8 Å². The fourth-order valence-electron chi connectivity index (χ4n) is 3.35. The number of amides is 3. The standard InChI is InChI=1S/C19H23N3O3/c1-3-10-22-15-13-21(11-7-12-25-2)18(23)16(15)17(20-19(22)24)14-8-5-4-6-9-14/h3-6,8-9,17H,1,7,10-13H2,2H3,(H,20,24). The van der Waals surface area contributed by atoms with Gasteiger partial charge in [0.2, 0.25) is 0 Å². The number of rotatable bonds is 7. The summed E-state index contributed by atoms with van der Waals surface area (Å²) in [5.41, 5.74) is 2.35. The molecule has 0 aliphatic carbocycles. The van der Waals surface area contributed by atoms with Crippen LogP contribution in [0.1, 0.15) is 18.0 Å². The van der Waals surface area contributed by atoms with E-state index in [9.17, 15) is 9.59 Å². The summed E-state index contributed by atoms with van der Waals surface area (Å²) in [6, 6.07) is 8.99. The van der Waals surface area contributed by atoms with Crippen LogP contribution >= 0.6 is 0 Å². The number of hydrogen-bond donors (Lipinski definition) is 1. The minimum atomic E-state index is -0.412. The molecule has 0 saturated heterocycles. The lowest BCUT2D eigenvalue weighted by Crippen LogP contribution is -2.47. The van der Waals surface area contributed by atoms with E-state index in [0.717, 1.165) is 17.7 Å². The van der Waals surface area contributed by atoms with Crippen LogP contribution in [0.3, 0.4) is 0 Å². The molecule has 3 amide bonds. The largest absolute Gasteiger partial charge is 0.385 e. The predicted octanol–water partition coefficient (Wildman–Crippen LogP) is 2.07. The number of carbonyl (C=O) groups excluding carboxylic acids is 2. The van der Waals surface area contributed by atoms with E-state index in [4.69, 9.17) is 4.74 Å². The number of urea groups is 1. The number of nitrogens with one attached hydrogen (secondary N) is 1. The number of nitrogens with zero attached hydrogens (tertiary/aromatic N) is 2. The van der Waals surface area contributed by atoms with Crippen LogP contribution in [0, 0.1) is 0 Å². The van der Waals surface area contributed by atoms with Gasteiger partial charge in [0.05, 0.1) is 23.9 Å². The molecule has 0 radical (unpaired) electrons. The summed E-state index contributed by atoms with van der Waals surface area (Å²) in [4.78, 5) is 29.0. The SMILES string of the molecule is C=CCN1C(=O)NC(c2ccccc2)C2=C1CN(CCCOC)C2=O. The third-order valence-corrected chi connectivity index (χ3v) is 4.52. The minimum absolute atomic E-state index is 0.0194. The molecule has 2 heterocycles. The van der Waals surface area contributed by atoms with Crippen LogP contribution in [0.4, 0.5) is 4.79 Å². The van der Waals surface area contributed by atoms with Crippen LogP contribution in [0.15, 0.2) is 54.3 Å². The summed E-state index contributed by atoms with van der Waals surface area (Å²) >= 11 is 0. The first-order valence-corrected chi connectivity index (χ1v) is 8.42. The zero-order valence-corrected chi connectivity index (χ0v) is 14.4. The first kappa shape index (κ1) is 17.2. The Morgan fingerprint density at radius 2 is 2.08 bits per heavy atom. The van der Waals surface area contributed by atoms with Crippen molar-refractivity contribution in [2.45, 2.75) is 12.5 Å². The highest BCUT2D eigenvalue weighted by Crippen LogP contribution is 2.36. The van der Waals surface area contributed by atoms with Crippen LogP contribution < -0.4 is 5.32 Å². The Hall–Kier alpha value is -2.60. The molecule has 1 aromatic rings. The Bertz CT molecular complexity index is 699. The van der Waals surface area contributed by atoms with Crippen molar-refractivity contribution in [3.63, 3.8) is 0 Å². The van der Waals surface area contributed by atoms with Gasteiger partial charge in [-0.05, 0) is 12.0 Å². The molecule has 25 heavy (non-hydrogen) atoms. The van der Waals surface area contributed by atoms with Gasteiger partial charge in [-0.1, -0.05) is 36.4 Å². The quantitative estimate of drug-likeness (QED) is 0.610. The number of benzene rings is 1. The molecular formula is C19H23N3O3. The Morgan fingerprint density at radius 3 is 2.76 bits per heavy atom. The molecule has 3 rings (SSSR count). The molecule has 6 nitrogen and oxygen atoms in total. The molecule has 1 N–H and O–H groups in total. The monoisotopic (exact) mass is 341 g/mol. The second kappa shape index (κ2) is 7.53. The maximum Gasteiger partial charge on any atom is 0.322 e. The maximum absolute atomic E-state index is 13.0. The Morgan fingerprint density at radius 1 is 1.32 bits per heavy atom. The smallest absolute Gasteiger partial charge is 0.322 e. The average molecular weight is 341 g/mol. The molecule has 1 unspecified atom stereocenters. The van der Waals surface area contributed by atoms with Crippen molar-refractivity contribution in [3.05, 3.63) is 59.8 Å². The van der Waals surface area contributed by atoms with E-state index in [1.54, 1.807) is 23.0 Å². The number of methoxy groups -OCH3 is 1. The van der Waals surface area contributed by atoms with Gasteiger partial charge in [0.1, 0.15) is 0 Å². The molecule has 0 spiro atoms. The zero-order valence-electron chi connectivity index (χ0n) is 14.4. The number of hydrogen-bond acceptors (Lipinski definition) is 3. The van der Waals surface area contributed by atoms with Gasteiger partial charge in [0.15, 0.2) is 0 Å². The highest BCUT2D eigenvalue weighted by Gasteiger charge is 2.43. The molecule has 132 valence electrons. The molecule has 1 aromatic carbocycles. The van der Waals surface area contributed by atoms with Crippen molar-refractivity contribution in [1.82, 2.24) is 15.1 Å². The maximum atomic E-state index is 13.0. The van der Waals surface area contributed by atoms with Crippen molar-refractivity contribution >= 4 is 11.9 Å². The average Bonchev–Trinajstić information content (AvgIpc) is 2.95. The first-order valence-electron chi connectivity index (χ1n) is 8.42. The number of ether oxygens (including phenoxy) is 1. The van der Waals surface area contributed by atoms with Gasteiger partial charge in [-0.2, -0.15) is 0 Å². The summed E-state index contributed by atoms with van der Waals surface area (Å²) in [5.74, 6) is -0.0194. The van der Waals surface area contributed by atoms with Gasteiger partial charge < -0.3 is 15.0 Å². The minimum Gasteiger partial charge on any atom is -0.385 e. The highest BCUT2D eigenvalue weighted by atomic mass is 16.5. The molecule has 6 heteroatoms. The second-order valence-electron chi connectivity index (χ2n) is 6.13. The fraction of sp³-hybridized carbons (Fsp3) is 0.368. The molecule has 0 bridgehead atoms. The van der Waals surface area contributed by atoms with Gasteiger partial charge in [0.25, 0.3) is 5.91 Å². The van der Waals surface area contributed by atoms with E-state index in [1.807, 2.05) is 30.3 Å². The lowest BCUT2D eigenvalue weighted by molar-refractivity contribution is -0.125. The Labute approximate surface area is 147 Å². The third kappa shape index (κ3) is 3.30. The fourth-order valence-corrected chi connectivity index (χ4v) is 3.35. The summed E-state index contributed by atoms with van der Waals surface area (Å²) in [5, 5.41) is 2.97. The molecule has 2 aliphatic heterocycles. The third-order valence-electron chi connectivity index (χ3n) is 4.52. The van der Waals surface area contributed by atoms with E-state index in [-0.39, 0.29) is 11.9 Å². The van der Waals surface area contributed by atoms with Crippen molar-refractivity contribution in [2.24, 2.45) is 0 Å². The lowest BCUT2D eigenvalue weighted by atomic mass is 9.95. The summed E-state index contributed by atoms with van der Waals surface area (Å²) in [6.07, 6.45) is 2.44. The van der Waals surface area contributed by atoms with Gasteiger partial charge >= 0.3 is 6.03 Å². The van der Waals surface area contributed by atoms with Crippen LogP contribution in [0.5, 0.6) is 0 Å². The molecule has 1 atom stereocenters. The second-order valence-corrected chi connectivity index (χ2v) is 6.13. The molecule has 2 aliphatic rings. The van der Waals surface area contributed by atoms with Crippen molar-refractivity contribution in [2.75, 3.05) is 33.4 Å². The van der Waals surface area contributed by atoms with Crippen LogP contribution in [-0.4, -0.2) is 55.1 Å². The molecule has 0 aromatic heterocycles. The van der Waals surface area contributed by atoms with Gasteiger partial charge in [-0.15, -0.1) is 6.58 Å². The summed E-state index contributed by atoms with van der Waals surface area (Å²) < 4.78 is 5.08. The van der Waals surface area contributed by atoms with Crippen LogP contribution in [0.2, 0.25) is 0 Å². The normalized spacial score (nSPS) is 20.0. The van der Waals surface area contributed by atoms with Gasteiger partial charge in [0, 0.05) is 26.8 Å². The van der Waals surface area contributed by atoms with Crippen molar-refractivity contribution in [3.8, 4) is 0 Å². The predicted molar refractivity (Wildman–Crippen MR) is 94.7 cm³/mol. The van der Waals surface area contributed by atoms with Gasteiger partial charge in [-0.3, -0.25) is 9.69 Å². The van der Waals surface area contributed by atoms with E-state index < -0.39 is 6.04 Å². The lowest BCUT2D eigenvalue weighted by Gasteiger charge is -2.33. The molecule has 0 fully saturated rings. The van der Waals surface area contributed by atoms with Crippen molar-refractivity contribution in [1.29, 1.82) is 0 Å². The molecule has 0 saturated carbocycles.